The Hall–Kier alpha value is -1.34. The lowest BCUT2D eigenvalue weighted by molar-refractivity contribution is -0.138. The molecule has 0 heterocycles. The number of carbonyl (C=O) groups excluding carboxylic acids is 1. The molecule has 0 radical (unpaired) electrons. The standard InChI is InChI=1S/C14H8Br2F3NO/c15-9-2-1-3-10(7-9)20-13(21)8-4-5-12(16)11(6-8)14(17,18)19/h1-7H,(H,20,21). The Balaban J connectivity index is 2.28. The van der Waals surface area contributed by atoms with E-state index in [4.69, 9.17) is 0 Å². The number of anilines is 1. The van der Waals surface area contributed by atoms with Crippen molar-refractivity contribution in [3.05, 3.63) is 62.5 Å². The first-order valence-corrected chi connectivity index (χ1v) is 7.29. The van der Waals surface area contributed by atoms with E-state index in [1.54, 1.807) is 24.3 Å². The Kier molecular flexibility index (Phi) is 4.73. The third-order valence-electron chi connectivity index (χ3n) is 2.62. The van der Waals surface area contributed by atoms with E-state index in [2.05, 4.69) is 37.2 Å². The van der Waals surface area contributed by atoms with Gasteiger partial charge in [0.1, 0.15) is 0 Å². The summed E-state index contributed by atoms with van der Waals surface area (Å²) < 4.78 is 39.1. The van der Waals surface area contributed by atoms with E-state index in [-0.39, 0.29) is 10.0 Å². The molecule has 2 aromatic carbocycles. The minimum Gasteiger partial charge on any atom is -0.322 e. The zero-order valence-corrected chi connectivity index (χ0v) is 13.5. The predicted octanol–water partition coefficient (Wildman–Crippen LogP) is 5.48. The summed E-state index contributed by atoms with van der Waals surface area (Å²) in [5.41, 5.74) is -0.458. The molecule has 0 bridgehead atoms. The molecule has 7 heteroatoms. The molecule has 0 saturated heterocycles. The van der Waals surface area contributed by atoms with Crippen molar-refractivity contribution in [2.75, 3.05) is 5.32 Å². The van der Waals surface area contributed by atoms with Crippen LogP contribution in [0, 0.1) is 0 Å². The molecule has 0 aliphatic rings. The van der Waals surface area contributed by atoms with Crippen LogP contribution in [-0.4, -0.2) is 5.91 Å². The Morgan fingerprint density at radius 2 is 1.76 bits per heavy atom. The minimum atomic E-state index is -4.52. The second-order valence-electron chi connectivity index (χ2n) is 4.16. The Morgan fingerprint density at radius 3 is 2.38 bits per heavy atom. The van der Waals surface area contributed by atoms with Crippen LogP contribution >= 0.6 is 31.9 Å². The maximum atomic E-state index is 12.8. The number of amides is 1. The number of halogens is 5. The van der Waals surface area contributed by atoms with E-state index >= 15 is 0 Å². The van der Waals surface area contributed by atoms with Crippen LogP contribution in [-0.2, 0) is 6.18 Å². The molecule has 2 aromatic rings. The van der Waals surface area contributed by atoms with Gasteiger partial charge in [-0.1, -0.05) is 37.9 Å². The van der Waals surface area contributed by atoms with Gasteiger partial charge in [0.25, 0.3) is 5.91 Å². The summed E-state index contributed by atoms with van der Waals surface area (Å²) in [6.07, 6.45) is -4.52. The van der Waals surface area contributed by atoms with E-state index in [1.165, 1.54) is 12.1 Å². The van der Waals surface area contributed by atoms with Crippen molar-refractivity contribution in [2.24, 2.45) is 0 Å². The third kappa shape index (κ3) is 4.07. The summed E-state index contributed by atoms with van der Waals surface area (Å²) in [5.74, 6) is -0.605. The van der Waals surface area contributed by atoms with Gasteiger partial charge in [-0.3, -0.25) is 4.79 Å². The van der Waals surface area contributed by atoms with Gasteiger partial charge in [0.2, 0.25) is 0 Å². The summed E-state index contributed by atoms with van der Waals surface area (Å²) in [6, 6.07) is 10.1. The molecule has 0 aliphatic heterocycles. The zero-order valence-electron chi connectivity index (χ0n) is 10.3. The fourth-order valence-corrected chi connectivity index (χ4v) is 2.52. The van der Waals surface area contributed by atoms with Crippen LogP contribution in [0.3, 0.4) is 0 Å². The number of nitrogens with one attached hydrogen (secondary N) is 1. The molecule has 0 aromatic heterocycles. The Morgan fingerprint density at radius 1 is 1.05 bits per heavy atom. The largest absolute Gasteiger partial charge is 0.417 e. The molecular weight excluding hydrogens is 415 g/mol. The highest BCUT2D eigenvalue weighted by molar-refractivity contribution is 9.10. The first kappa shape index (κ1) is 16.0. The van der Waals surface area contributed by atoms with E-state index < -0.39 is 17.6 Å². The SMILES string of the molecule is O=C(Nc1cccc(Br)c1)c1ccc(Br)c(C(F)(F)F)c1. The van der Waals surface area contributed by atoms with E-state index in [0.29, 0.717) is 5.69 Å². The number of hydrogen-bond acceptors (Lipinski definition) is 1. The van der Waals surface area contributed by atoms with Crippen LogP contribution in [0.15, 0.2) is 51.4 Å². The van der Waals surface area contributed by atoms with E-state index in [9.17, 15) is 18.0 Å². The topological polar surface area (TPSA) is 29.1 Å². The highest BCUT2D eigenvalue weighted by atomic mass is 79.9. The second kappa shape index (κ2) is 6.19. The van der Waals surface area contributed by atoms with Gasteiger partial charge in [-0.2, -0.15) is 13.2 Å². The van der Waals surface area contributed by atoms with Crippen molar-refractivity contribution >= 4 is 43.5 Å². The highest BCUT2D eigenvalue weighted by Crippen LogP contribution is 2.35. The van der Waals surface area contributed by atoms with Crippen molar-refractivity contribution < 1.29 is 18.0 Å². The lowest BCUT2D eigenvalue weighted by Crippen LogP contribution is -2.14. The number of alkyl halides is 3. The summed E-state index contributed by atoms with van der Waals surface area (Å²) in [6.45, 7) is 0. The van der Waals surface area contributed by atoms with Crippen LogP contribution in [0.1, 0.15) is 15.9 Å². The fraction of sp³-hybridized carbons (Fsp3) is 0.0714. The molecule has 0 atom stereocenters. The van der Waals surface area contributed by atoms with E-state index in [1.807, 2.05) is 0 Å². The van der Waals surface area contributed by atoms with Gasteiger partial charge in [0.05, 0.1) is 5.56 Å². The van der Waals surface area contributed by atoms with Gasteiger partial charge in [-0.25, -0.2) is 0 Å². The quantitative estimate of drug-likeness (QED) is 0.681. The number of rotatable bonds is 2. The van der Waals surface area contributed by atoms with E-state index in [0.717, 1.165) is 10.5 Å². The molecular formula is C14H8Br2F3NO. The summed E-state index contributed by atoms with van der Waals surface area (Å²) in [4.78, 5) is 12.0. The molecule has 0 saturated carbocycles. The van der Waals surface area contributed by atoms with Gasteiger partial charge >= 0.3 is 6.18 Å². The van der Waals surface area contributed by atoms with Crippen molar-refractivity contribution in [1.82, 2.24) is 0 Å². The second-order valence-corrected chi connectivity index (χ2v) is 5.93. The van der Waals surface area contributed by atoms with Gasteiger partial charge in [-0.05, 0) is 36.4 Å². The van der Waals surface area contributed by atoms with Crippen molar-refractivity contribution in [2.45, 2.75) is 6.18 Å². The lowest BCUT2D eigenvalue weighted by Gasteiger charge is -2.11. The minimum absolute atomic E-state index is 0.0644. The van der Waals surface area contributed by atoms with Gasteiger partial charge < -0.3 is 5.32 Å². The fourth-order valence-electron chi connectivity index (χ4n) is 1.65. The lowest BCUT2D eigenvalue weighted by atomic mass is 10.1. The maximum absolute atomic E-state index is 12.8. The number of carbonyl (C=O) groups is 1. The van der Waals surface area contributed by atoms with Crippen LogP contribution in [0.4, 0.5) is 18.9 Å². The molecule has 21 heavy (non-hydrogen) atoms. The molecule has 2 rings (SSSR count). The molecule has 0 aliphatic carbocycles. The Bertz CT molecular complexity index is 686. The van der Waals surface area contributed by atoms with Crippen molar-refractivity contribution in [3.63, 3.8) is 0 Å². The van der Waals surface area contributed by atoms with Crippen LogP contribution < -0.4 is 5.32 Å². The zero-order chi connectivity index (χ0) is 15.6. The molecule has 0 fully saturated rings. The first-order valence-electron chi connectivity index (χ1n) is 5.71. The predicted molar refractivity (Wildman–Crippen MR) is 81.2 cm³/mol. The average Bonchev–Trinajstić information content (AvgIpc) is 2.37. The number of hydrogen-bond donors (Lipinski definition) is 1. The molecule has 2 nitrogen and oxygen atoms in total. The maximum Gasteiger partial charge on any atom is 0.417 e. The van der Waals surface area contributed by atoms with Crippen LogP contribution in [0.25, 0.3) is 0 Å². The molecule has 1 amide bonds. The smallest absolute Gasteiger partial charge is 0.322 e. The van der Waals surface area contributed by atoms with Gasteiger partial charge in [0, 0.05) is 20.2 Å². The van der Waals surface area contributed by atoms with Crippen LogP contribution in [0.2, 0.25) is 0 Å². The van der Waals surface area contributed by atoms with Crippen molar-refractivity contribution in [1.29, 1.82) is 0 Å². The third-order valence-corrected chi connectivity index (χ3v) is 3.80. The summed E-state index contributed by atoms with van der Waals surface area (Å²) >= 11 is 6.08. The highest BCUT2D eigenvalue weighted by Gasteiger charge is 2.33. The van der Waals surface area contributed by atoms with Gasteiger partial charge in [0.15, 0.2) is 0 Å². The molecule has 0 spiro atoms. The monoisotopic (exact) mass is 421 g/mol. The molecule has 110 valence electrons. The van der Waals surface area contributed by atoms with Crippen LogP contribution in [0.5, 0.6) is 0 Å². The summed E-state index contributed by atoms with van der Waals surface area (Å²) in [5, 5.41) is 2.55. The molecule has 1 N–H and O–H groups in total. The Labute approximate surface area is 135 Å². The number of benzene rings is 2. The summed E-state index contributed by atoms with van der Waals surface area (Å²) in [7, 11) is 0. The average molecular weight is 423 g/mol. The van der Waals surface area contributed by atoms with Crippen molar-refractivity contribution in [3.8, 4) is 0 Å². The normalized spacial score (nSPS) is 11.3. The molecule has 0 unspecified atom stereocenters. The first-order chi connectivity index (χ1) is 9.77. The van der Waals surface area contributed by atoms with Gasteiger partial charge in [-0.15, -0.1) is 0 Å².